The van der Waals surface area contributed by atoms with E-state index in [1.807, 2.05) is 19.9 Å². The van der Waals surface area contributed by atoms with Crippen molar-refractivity contribution in [3.05, 3.63) is 58.4 Å². The Morgan fingerprint density at radius 3 is 2.67 bits per heavy atom. The van der Waals surface area contributed by atoms with Gasteiger partial charge in [0.2, 0.25) is 0 Å². The summed E-state index contributed by atoms with van der Waals surface area (Å²) < 4.78 is 18.5. The van der Waals surface area contributed by atoms with E-state index < -0.39 is 11.7 Å². The Morgan fingerprint density at radius 2 is 2.00 bits per heavy atom. The van der Waals surface area contributed by atoms with Crippen molar-refractivity contribution in [1.82, 2.24) is 0 Å². The van der Waals surface area contributed by atoms with Gasteiger partial charge in [0.05, 0.1) is 10.7 Å². The second-order valence-electron chi connectivity index (χ2n) is 4.71. The van der Waals surface area contributed by atoms with E-state index in [0.717, 1.165) is 11.1 Å². The zero-order valence-corrected chi connectivity index (χ0v) is 12.5. The number of aryl methyl sites for hydroxylation is 2. The van der Waals surface area contributed by atoms with Crippen molar-refractivity contribution in [2.24, 2.45) is 0 Å². The summed E-state index contributed by atoms with van der Waals surface area (Å²) in [6.45, 7) is 3.49. The summed E-state index contributed by atoms with van der Waals surface area (Å²) in [5.41, 5.74) is 2.42. The molecule has 0 fully saturated rings. The van der Waals surface area contributed by atoms with Crippen molar-refractivity contribution in [3.8, 4) is 5.75 Å². The van der Waals surface area contributed by atoms with Crippen LogP contribution in [0.25, 0.3) is 0 Å². The van der Waals surface area contributed by atoms with Gasteiger partial charge < -0.3 is 10.1 Å². The zero-order valence-electron chi connectivity index (χ0n) is 11.7. The van der Waals surface area contributed by atoms with Crippen molar-refractivity contribution >= 4 is 23.2 Å². The Balaban J connectivity index is 2.01. The van der Waals surface area contributed by atoms with Crippen LogP contribution < -0.4 is 10.1 Å². The third kappa shape index (κ3) is 3.95. The molecule has 0 saturated heterocycles. The van der Waals surface area contributed by atoms with Gasteiger partial charge in [-0.05, 0) is 43.2 Å². The summed E-state index contributed by atoms with van der Waals surface area (Å²) in [7, 11) is 0. The highest BCUT2D eigenvalue weighted by molar-refractivity contribution is 6.34. The highest BCUT2D eigenvalue weighted by Gasteiger charge is 2.11. The van der Waals surface area contributed by atoms with E-state index in [1.54, 1.807) is 18.2 Å². The van der Waals surface area contributed by atoms with Crippen LogP contribution in [0.2, 0.25) is 5.02 Å². The molecule has 1 N–H and O–H groups in total. The first-order valence-electron chi connectivity index (χ1n) is 6.41. The number of benzene rings is 2. The number of anilines is 1. The number of para-hydroxylation sites is 1. The maximum atomic E-state index is 13.4. The number of carbonyl (C=O) groups is 1. The van der Waals surface area contributed by atoms with E-state index in [4.69, 9.17) is 16.3 Å². The number of ether oxygens (including phenoxy) is 1. The van der Waals surface area contributed by atoms with Crippen molar-refractivity contribution in [1.29, 1.82) is 0 Å². The first kappa shape index (κ1) is 15.3. The lowest BCUT2D eigenvalue weighted by molar-refractivity contribution is -0.118. The summed E-state index contributed by atoms with van der Waals surface area (Å²) in [5.74, 6) is -0.860. The molecular formula is C16H15ClFNO2. The van der Waals surface area contributed by atoms with E-state index in [9.17, 15) is 9.18 Å². The van der Waals surface area contributed by atoms with Crippen LogP contribution in [0, 0.1) is 19.7 Å². The second-order valence-corrected chi connectivity index (χ2v) is 5.11. The molecular weight excluding hydrogens is 293 g/mol. The molecule has 0 spiro atoms. The van der Waals surface area contributed by atoms with Gasteiger partial charge in [-0.2, -0.15) is 0 Å². The fourth-order valence-corrected chi connectivity index (χ4v) is 2.32. The molecule has 0 atom stereocenters. The SMILES string of the molecule is Cc1cc(C)c(NC(=O)COc2ccccc2F)c(Cl)c1. The molecule has 110 valence electrons. The van der Waals surface area contributed by atoms with Crippen molar-refractivity contribution in [2.75, 3.05) is 11.9 Å². The summed E-state index contributed by atoms with van der Waals surface area (Å²) in [5, 5.41) is 3.14. The van der Waals surface area contributed by atoms with E-state index >= 15 is 0 Å². The predicted molar refractivity (Wildman–Crippen MR) is 81.5 cm³/mol. The summed E-state index contributed by atoms with van der Waals surface area (Å²) in [4.78, 5) is 11.9. The van der Waals surface area contributed by atoms with Crippen LogP contribution in [0.5, 0.6) is 5.75 Å². The molecule has 0 radical (unpaired) electrons. The van der Waals surface area contributed by atoms with Crippen molar-refractivity contribution in [2.45, 2.75) is 13.8 Å². The molecule has 2 rings (SSSR count). The topological polar surface area (TPSA) is 38.3 Å². The molecule has 0 aliphatic heterocycles. The second kappa shape index (κ2) is 6.59. The minimum atomic E-state index is -0.505. The number of halogens is 2. The number of nitrogens with one attached hydrogen (secondary N) is 1. The van der Waals surface area contributed by atoms with Gasteiger partial charge in [-0.3, -0.25) is 4.79 Å². The highest BCUT2D eigenvalue weighted by atomic mass is 35.5. The summed E-state index contributed by atoms with van der Waals surface area (Å²) in [6, 6.07) is 9.61. The van der Waals surface area contributed by atoms with Gasteiger partial charge in [-0.1, -0.05) is 29.8 Å². The average Bonchev–Trinajstić information content (AvgIpc) is 2.42. The van der Waals surface area contributed by atoms with Gasteiger partial charge in [0.25, 0.3) is 5.91 Å². The van der Waals surface area contributed by atoms with E-state index in [-0.39, 0.29) is 12.4 Å². The Kier molecular flexibility index (Phi) is 4.81. The van der Waals surface area contributed by atoms with Gasteiger partial charge in [0.1, 0.15) is 0 Å². The number of hydrogen-bond acceptors (Lipinski definition) is 2. The van der Waals surface area contributed by atoms with Crippen LogP contribution in [0.15, 0.2) is 36.4 Å². The normalized spacial score (nSPS) is 10.3. The predicted octanol–water partition coefficient (Wildman–Crippen LogP) is 4.11. The number of hydrogen-bond donors (Lipinski definition) is 1. The lowest BCUT2D eigenvalue weighted by atomic mass is 10.1. The van der Waals surface area contributed by atoms with Gasteiger partial charge in [0.15, 0.2) is 18.2 Å². The molecule has 5 heteroatoms. The smallest absolute Gasteiger partial charge is 0.262 e. The van der Waals surface area contributed by atoms with Crippen LogP contribution >= 0.6 is 11.6 Å². The standard InChI is InChI=1S/C16H15ClFNO2/c1-10-7-11(2)16(12(17)8-10)19-15(20)9-21-14-6-4-3-5-13(14)18/h3-8H,9H2,1-2H3,(H,19,20). The maximum absolute atomic E-state index is 13.4. The first-order valence-corrected chi connectivity index (χ1v) is 6.79. The molecule has 0 bridgehead atoms. The molecule has 21 heavy (non-hydrogen) atoms. The maximum Gasteiger partial charge on any atom is 0.262 e. The van der Waals surface area contributed by atoms with E-state index in [1.165, 1.54) is 12.1 Å². The van der Waals surface area contributed by atoms with Gasteiger partial charge >= 0.3 is 0 Å². The number of carbonyl (C=O) groups excluding carboxylic acids is 1. The van der Waals surface area contributed by atoms with Crippen LogP contribution in [0.4, 0.5) is 10.1 Å². The van der Waals surface area contributed by atoms with E-state index in [2.05, 4.69) is 5.32 Å². The zero-order chi connectivity index (χ0) is 15.4. The lowest BCUT2D eigenvalue weighted by Gasteiger charge is -2.12. The average molecular weight is 308 g/mol. The van der Waals surface area contributed by atoms with Crippen LogP contribution in [0.3, 0.4) is 0 Å². The Labute approximate surface area is 127 Å². The fraction of sp³-hybridized carbons (Fsp3) is 0.188. The lowest BCUT2D eigenvalue weighted by Crippen LogP contribution is -2.21. The van der Waals surface area contributed by atoms with Gasteiger partial charge in [-0.15, -0.1) is 0 Å². The minimum absolute atomic E-state index is 0.0411. The molecule has 2 aromatic carbocycles. The molecule has 0 aromatic heterocycles. The van der Waals surface area contributed by atoms with Gasteiger partial charge in [0, 0.05) is 0 Å². The molecule has 0 aliphatic carbocycles. The molecule has 1 amide bonds. The quantitative estimate of drug-likeness (QED) is 0.923. The van der Waals surface area contributed by atoms with Crippen LogP contribution in [0.1, 0.15) is 11.1 Å². The Morgan fingerprint density at radius 1 is 1.29 bits per heavy atom. The van der Waals surface area contributed by atoms with Crippen LogP contribution in [-0.2, 0) is 4.79 Å². The molecule has 0 saturated carbocycles. The van der Waals surface area contributed by atoms with E-state index in [0.29, 0.717) is 10.7 Å². The monoisotopic (exact) mass is 307 g/mol. The summed E-state index contributed by atoms with van der Waals surface area (Å²) in [6.07, 6.45) is 0. The largest absolute Gasteiger partial charge is 0.481 e. The summed E-state index contributed by atoms with van der Waals surface area (Å²) >= 11 is 6.11. The molecule has 0 unspecified atom stereocenters. The number of rotatable bonds is 4. The highest BCUT2D eigenvalue weighted by Crippen LogP contribution is 2.27. The van der Waals surface area contributed by atoms with Crippen LogP contribution in [-0.4, -0.2) is 12.5 Å². The van der Waals surface area contributed by atoms with Gasteiger partial charge in [-0.25, -0.2) is 4.39 Å². The first-order chi connectivity index (χ1) is 9.97. The fourth-order valence-electron chi connectivity index (χ4n) is 1.95. The van der Waals surface area contributed by atoms with Crippen molar-refractivity contribution < 1.29 is 13.9 Å². The Bertz CT molecular complexity index is 650. The molecule has 3 nitrogen and oxygen atoms in total. The molecule has 0 heterocycles. The molecule has 2 aromatic rings. The van der Waals surface area contributed by atoms with Crippen molar-refractivity contribution in [3.63, 3.8) is 0 Å². The Hall–Kier alpha value is -2.07. The molecule has 0 aliphatic rings. The minimum Gasteiger partial charge on any atom is -0.481 e. The third-order valence-electron chi connectivity index (χ3n) is 2.89. The number of amides is 1. The third-order valence-corrected chi connectivity index (χ3v) is 3.19.